The molecule has 0 spiro atoms. The molecule has 3 aromatic rings. The number of hydrogen-bond donors (Lipinski definition) is 6. The first kappa shape index (κ1) is 34.5. The fourth-order valence-electron chi connectivity index (χ4n) is 3.89. The van der Waals surface area contributed by atoms with Crippen LogP contribution >= 0.6 is 11.3 Å². The number of aliphatic carboxylic acids is 1. The van der Waals surface area contributed by atoms with Crippen LogP contribution in [0.1, 0.15) is 56.1 Å². The summed E-state index contributed by atoms with van der Waals surface area (Å²) in [6.45, 7) is 6.81. The van der Waals surface area contributed by atoms with Crippen molar-refractivity contribution in [2.24, 2.45) is 5.41 Å². The van der Waals surface area contributed by atoms with Crippen molar-refractivity contribution in [3.8, 4) is 5.75 Å². The Labute approximate surface area is 265 Å². The molecule has 0 bridgehead atoms. The Morgan fingerprint density at radius 1 is 0.956 bits per heavy atom. The predicted octanol–water partition coefficient (Wildman–Crippen LogP) is 4.00. The molecule has 14 heteroatoms. The lowest BCUT2D eigenvalue weighted by molar-refractivity contribution is -0.139. The van der Waals surface area contributed by atoms with Crippen molar-refractivity contribution < 1.29 is 33.8 Å². The maximum atomic E-state index is 12.8. The zero-order chi connectivity index (χ0) is 32.8. The lowest BCUT2D eigenvalue weighted by atomic mass is 9.91. The molecule has 1 atom stereocenters. The number of hydrogen-bond acceptors (Lipinski definition) is 8. The van der Waals surface area contributed by atoms with E-state index >= 15 is 0 Å². The number of carbonyl (C=O) groups excluding carboxylic acids is 4. The van der Waals surface area contributed by atoms with E-state index in [0.717, 1.165) is 29.7 Å². The third kappa shape index (κ3) is 13.0. The van der Waals surface area contributed by atoms with Gasteiger partial charge in [-0.2, -0.15) is 0 Å². The summed E-state index contributed by atoms with van der Waals surface area (Å²) in [5.74, 6) is -2.88. The molecule has 240 valence electrons. The second-order valence-electron chi connectivity index (χ2n) is 11.3. The largest absolute Gasteiger partial charge is 0.494 e. The summed E-state index contributed by atoms with van der Waals surface area (Å²) >= 11 is 1.02. The maximum Gasteiger partial charge on any atom is 0.321 e. The summed E-state index contributed by atoms with van der Waals surface area (Å²) < 4.78 is 5.73. The average Bonchev–Trinajstić information content (AvgIpc) is 3.46. The number of carboxylic acid groups (broad SMARTS) is 1. The highest BCUT2D eigenvalue weighted by atomic mass is 32.1. The fraction of sp³-hybridized carbons (Fsp3) is 0.355. The monoisotopic (exact) mass is 638 g/mol. The molecule has 45 heavy (non-hydrogen) atoms. The molecule has 0 aliphatic rings. The molecule has 6 N–H and O–H groups in total. The Morgan fingerprint density at radius 3 is 2.33 bits per heavy atom. The Morgan fingerprint density at radius 2 is 1.67 bits per heavy atom. The molecular weight excluding hydrogens is 600 g/mol. The number of nitrogens with one attached hydrogen (secondary N) is 5. The number of thiazole rings is 1. The van der Waals surface area contributed by atoms with Gasteiger partial charge < -0.3 is 31.1 Å². The highest BCUT2D eigenvalue weighted by Gasteiger charge is 2.24. The number of aromatic nitrogens is 1. The van der Waals surface area contributed by atoms with E-state index in [4.69, 9.17) is 4.74 Å². The lowest BCUT2D eigenvalue weighted by Gasteiger charge is -2.18. The van der Waals surface area contributed by atoms with E-state index in [1.807, 2.05) is 30.3 Å². The van der Waals surface area contributed by atoms with Crippen LogP contribution in [0.2, 0.25) is 0 Å². The highest BCUT2D eigenvalue weighted by Crippen LogP contribution is 2.22. The minimum absolute atomic E-state index is 0.0346. The van der Waals surface area contributed by atoms with E-state index in [9.17, 15) is 29.1 Å². The molecule has 0 aliphatic heterocycles. The number of anilines is 2. The predicted molar refractivity (Wildman–Crippen MR) is 170 cm³/mol. The van der Waals surface area contributed by atoms with Crippen molar-refractivity contribution in [2.45, 2.75) is 52.6 Å². The Kier molecular flexibility index (Phi) is 12.8. The molecule has 0 fully saturated rings. The Hall–Kier alpha value is -4.98. The van der Waals surface area contributed by atoms with Gasteiger partial charge in [0.15, 0.2) is 5.13 Å². The van der Waals surface area contributed by atoms with Crippen molar-refractivity contribution in [3.63, 3.8) is 0 Å². The standard InChI is InChI=1S/C31H38N6O7S/c1-31(2,3)14-7-15-44-22-12-10-21(11-13-22)34-28(42)23(16-26(39)40)35-25(38)18-32-27(41)24-19-45-30(36-24)37-29(43)33-17-20-8-5-4-6-9-20/h4-6,8-13,19,23H,7,14-18H2,1-3H3,(H,32,41)(H,34,42)(H,35,38)(H,39,40)(H2,33,36,37,43)/t23-/m0/s1. The van der Waals surface area contributed by atoms with Gasteiger partial charge in [0.2, 0.25) is 11.8 Å². The van der Waals surface area contributed by atoms with Crippen molar-refractivity contribution in [1.29, 1.82) is 0 Å². The molecule has 13 nitrogen and oxygen atoms in total. The molecule has 0 radical (unpaired) electrons. The molecule has 0 unspecified atom stereocenters. The van der Waals surface area contributed by atoms with Crippen LogP contribution in [-0.2, 0) is 20.9 Å². The summed E-state index contributed by atoms with van der Waals surface area (Å²) in [6, 6.07) is 14.0. The first-order chi connectivity index (χ1) is 21.4. The minimum Gasteiger partial charge on any atom is -0.494 e. The van der Waals surface area contributed by atoms with Crippen molar-refractivity contribution in [1.82, 2.24) is 20.9 Å². The molecule has 1 aromatic heterocycles. The van der Waals surface area contributed by atoms with Gasteiger partial charge in [-0.15, -0.1) is 11.3 Å². The fourth-order valence-corrected chi connectivity index (χ4v) is 4.58. The van der Waals surface area contributed by atoms with Crippen LogP contribution in [-0.4, -0.2) is 59.0 Å². The first-order valence-corrected chi connectivity index (χ1v) is 15.1. The quantitative estimate of drug-likeness (QED) is 0.135. The number of amides is 5. The summed E-state index contributed by atoms with van der Waals surface area (Å²) in [5, 5.41) is 23.4. The number of carboxylic acids is 1. The van der Waals surface area contributed by atoms with Gasteiger partial charge in [-0.25, -0.2) is 9.78 Å². The highest BCUT2D eigenvalue weighted by molar-refractivity contribution is 7.14. The van der Waals surface area contributed by atoms with Gasteiger partial charge in [0.1, 0.15) is 17.5 Å². The Bertz CT molecular complexity index is 1460. The van der Waals surface area contributed by atoms with Gasteiger partial charge in [-0.3, -0.25) is 24.5 Å². The Balaban J connectivity index is 1.44. The number of nitrogens with zero attached hydrogens (tertiary/aromatic N) is 1. The maximum absolute atomic E-state index is 12.8. The van der Waals surface area contributed by atoms with Crippen LogP contribution in [0.25, 0.3) is 0 Å². The van der Waals surface area contributed by atoms with E-state index in [-0.39, 0.29) is 16.2 Å². The van der Waals surface area contributed by atoms with Crippen molar-refractivity contribution >= 4 is 51.9 Å². The third-order valence-corrected chi connectivity index (χ3v) is 6.91. The zero-order valence-corrected chi connectivity index (χ0v) is 26.2. The molecule has 5 amide bonds. The van der Waals surface area contributed by atoms with Crippen molar-refractivity contribution in [3.05, 3.63) is 71.2 Å². The van der Waals surface area contributed by atoms with Crippen LogP contribution in [0.5, 0.6) is 5.75 Å². The number of rotatable bonds is 15. The summed E-state index contributed by atoms with van der Waals surface area (Å²) in [7, 11) is 0. The van der Waals surface area contributed by atoms with Crippen LogP contribution < -0.4 is 31.3 Å². The van der Waals surface area contributed by atoms with E-state index in [1.165, 1.54) is 5.38 Å². The number of benzene rings is 2. The topological polar surface area (TPSA) is 188 Å². The molecule has 0 saturated heterocycles. The van der Waals surface area contributed by atoms with E-state index < -0.39 is 48.7 Å². The molecule has 2 aromatic carbocycles. The number of carbonyl (C=O) groups is 5. The summed E-state index contributed by atoms with van der Waals surface area (Å²) in [4.78, 5) is 65.3. The van der Waals surface area contributed by atoms with Gasteiger partial charge in [0, 0.05) is 17.6 Å². The summed E-state index contributed by atoms with van der Waals surface area (Å²) in [5.41, 5.74) is 1.49. The molecule has 1 heterocycles. The second kappa shape index (κ2) is 16.8. The van der Waals surface area contributed by atoms with E-state index in [2.05, 4.69) is 52.3 Å². The van der Waals surface area contributed by atoms with Crippen LogP contribution in [0, 0.1) is 5.41 Å². The normalized spacial score (nSPS) is 11.5. The van der Waals surface area contributed by atoms with Crippen LogP contribution in [0.15, 0.2) is 60.0 Å². The van der Waals surface area contributed by atoms with Gasteiger partial charge in [-0.1, -0.05) is 51.1 Å². The smallest absolute Gasteiger partial charge is 0.321 e. The summed E-state index contributed by atoms with van der Waals surface area (Å²) in [6.07, 6.45) is 1.24. The second-order valence-corrected chi connectivity index (χ2v) is 12.1. The molecule has 0 saturated carbocycles. The minimum atomic E-state index is -1.40. The SMILES string of the molecule is CC(C)(C)CCCOc1ccc(NC(=O)[C@H](CC(=O)O)NC(=O)CNC(=O)c2csc(NC(=O)NCc3ccccc3)n2)cc1. The molecule has 3 rings (SSSR count). The zero-order valence-electron chi connectivity index (χ0n) is 25.3. The van der Waals surface area contributed by atoms with E-state index in [0.29, 0.717) is 24.6 Å². The number of ether oxygens (including phenoxy) is 1. The molecular formula is C31H38N6O7S. The van der Waals surface area contributed by atoms with Gasteiger partial charge in [-0.05, 0) is 48.1 Å². The third-order valence-electron chi connectivity index (χ3n) is 6.15. The van der Waals surface area contributed by atoms with Crippen LogP contribution in [0.4, 0.5) is 15.6 Å². The molecule has 0 aliphatic carbocycles. The first-order valence-electron chi connectivity index (χ1n) is 14.3. The number of urea groups is 1. The lowest BCUT2D eigenvalue weighted by Crippen LogP contribution is -2.48. The van der Waals surface area contributed by atoms with Gasteiger partial charge in [0.05, 0.1) is 19.6 Å². The van der Waals surface area contributed by atoms with Crippen molar-refractivity contribution in [2.75, 3.05) is 23.8 Å². The average molecular weight is 639 g/mol. The van der Waals surface area contributed by atoms with Crippen LogP contribution in [0.3, 0.4) is 0 Å². The van der Waals surface area contributed by atoms with E-state index in [1.54, 1.807) is 24.3 Å². The van der Waals surface area contributed by atoms with Gasteiger partial charge in [0.25, 0.3) is 5.91 Å². The van der Waals surface area contributed by atoms with Gasteiger partial charge >= 0.3 is 12.0 Å².